The van der Waals surface area contributed by atoms with Gasteiger partial charge in [0.1, 0.15) is 0 Å². The van der Waals surface area contributed by atoms with Gasteiger partial charge in [-0.3, -0.25) is 4.79 Å². The smallest absolute Gasteiger partial charge is 0.220 e. The number of nitrogens with one attached hydrogen (secondary N) is 1. The molecule has 0 aromatic carbocycles. The fraction of sp³-hybridized carbons (Fsp3) is 0.900. The van der Waals surface area contributed by atoms with Gasteiger partial charge in [0.2, 0.25) is 5.91 Å². The number of amides is 1. The Kier molecular flexibility index (Phi) is 4.22. The molecule has 13 heavy (non-hydrogen) atoms. The fourth-order valence-corrected chi connectivity index (χ4v) is 1.62. The Morgan fingerprint density at radius 1 is 1.46 bits per heavy atom. The van der Waals surface area contributed by atoms with Crippen LogP contribution in [0, 0.1) is 0 Å². The molecule has 3 nitrogen and oxygen atoms in total. The summed E-state index contributed by atoms with van der Waals surface area (Å²) in [7, 11) is 0. The molecule has 0 heterocycles. The zero-order chi connectivity index (χ0) is 9.68. The second kappa shape index (κ2) is 5.22. The summed E-state index contributed by atoms with van der Waals surface area (Å²) in [4.78, 5) is 11.3. The van der Waals surface area contributed by atoms with Gasteiger partial charge in [-0.15, -0.1) is 0 Å². The standard InChI is InChI=1S/C10H20N2O/c1-2-3-4-5-10(13)12-9-6-8(11)7-9/h8-9H,2-7,11H2,1H3,(H,12,13). The first-order valence-electron chi connectivity index (χ1n) is 5.27. The van der Waals surface area contributed by atoms with Gasteiger partial charge in [0.15, 0.2) is 0 Å². The van der Waals surface area contributed by atoms with Crippen LogP contribution in [-0.4, -0.2) is 18.0 Å². The van der Waals surface area contributed by atoms with Crippen LogP contribution in [-0.2, 0) is 4.79 Å². The van der Waals surface area contributed by atoms with E-state index in [-0.39, 0.29) is 5.91 Å². The Morgan fingerprint density at radius 3 is 2.69 bits per heavy atom. The molecular weight excluding hydrogens is 164 g/mol. The summed E-state index contributed by atoms with van der Waals surface area (Å²) < 4.78 is 0. The van der Waals surface area contributed by atoms with Crippen molar-refractivity contribution in [2.24, 2.45) is 5.73 Å². The molecule has 3 N–H and O–H groups in total. The second-order valence-electron chi connectivity index (χ2n) is 3.95. The average Bonchev–Trinajstić information content (AvgIpc) is 2.02. The van der Waals surface area contributed by atoms with E-state index in [1.165, 1.54) is 6.42 Å². The van der Waals surface area contributed by atoms with Gasteiger partial charge in [-0.05, 0) is 19.3 Å². The Hall–Kier alpha value is -0.570. The van der Waals surface area contributed by atoms with E-state index in [1.807, 2.05) is 0 Å². The summed E-state index contributed by atoms with van der Waals surface area (Å²) in [6, 6.07) is 0.685. The van der Waals surface area contributed by atoms with E-state index in [0.717, 1.165) is 25.7 Å². The number of carbonyl (C=O) groups excluding carboxylic acids is 1. The molecule has 0 unspecified atom stereocenters. The van der Waals surface area contributed by atoms with Gasteiger partial charge in [0.05, 0.1) is 0 Å². The number of hydrogen-bond acceptors (Lipinski definition) is 2. The molecule has 0 spiro atoms. The van der Waals surface area contributed by atoms with E-state index in [1.54, 1.807) is 0 Å². The van der Waals surface area contributed by atoms with E-state index in [4.69, 9.17) is 5.73 Å². The molecule has 0 bridgehead atoms. The normalized spacial score (nSPS) is 26.6. The van der Waals surface area contributed by atoms with Crippen molar-refractivity contribution >= 4 is 5.91 Å². The van der Waals surface area contributed by atoms with Gasteiger partial charge >= 0.3 is 0 Å². The topological polar surface area (TPSA) is 55.1 Å². The molecule has 1 fully saturated rings. The Balaban J connectivity index is 1.98. The molecule has 0 aromatic rings. The van der Waals surface area contributed by atoms with Gasteiger partial charge < -0.3 is 11.1 Å². The molecule has 0 atom stereocenters. The zero-order valence-electron chi connectivity index (χ0n) is 8.38. The van der Waals surface area contributed by atoms with Crippen LogP contribution >= 0.6 is 0 Å². The molecule has 1 aliphatic carbocycles. The van der Waals surface area contributed by atoms with Crippen molar-refractivity contribution in [3.8, 4) is 0 Å². The largest absolute Gasteiger partial charge is 0.353 e. The highest BCUT2D eigenvalue weighted by molar-refractivity contribution is 5.76. The SMILES string of the molecule is CCCCCC(=O)NC1CC(N)C1. The molecule has 0 aliphatic heterocycles. The Morgan fingerprint density at radius 2 is 2.15 bits per heavy atom. The first-order chi connectivity index (χ1) is 6.22. The molecule has 1 rings (SSSR count). The third kappa shape index (κ3) is 3.77. The number of unbranched alkanes of at least 4 members (excludes halogenated alkanes) is 2. The van der Waals surface area contributed by atoms with Crippen LogP contribution in [0.25, 0.3) is 0 Å². The second-order valence-corrected chi connectivity index (χ2v) is 3.95. The lowest BCUT2D eigenvalue weighted by atomic mass is 9.87. The highest BCUT2D eigenvalue weighted by Gasteiger charge is 2.26. The first-order valence-corrected chi connectivity index (χ1v) is 5.27. The van der Waals surface area contributed by atoms with Crippen LogP contribution in [0.2, 0.25) is 0 Å². The summed E-state index contributed by atoms with van der Waals surface area (Å²) in [6.45, 7) is 2.14. The number of rotatable bonds is 5. The maximum Gasteiger partial charge on any atom is 0.220 e. The molecule has 0 aromatic heterocycles. The van der Waals surface area contributed by atoms with E-state index in [2.05, 4.69) is 12.2 Å². The number of carbonyl (C=O) groups is 1. The summed E-state index contributed by atoms with van der Waals surface area (Å²) >= 11 is 0. The van der Waals surface area contributed by atoms with Crippen molar-refractivity contribution in [3.63, 3.8) is 0 Å². The highest BCUT2D eigenvalue weighted by Crippen LogP contribution is 2.17. The molecule has 76 valence electrons. The van der Waals surface area contributed by atoms with Gasteiger partial charge in [-0.1, -0.05) is 19.8 Å². The summed E-state index contributed by atoms with van der Waals surface area (Å²) in [6.07, 6.45) is 5.93. The zero-order valence-corrected chi connectivity index (χ0v) is 8.38. The maximum atomic E-state index is 11.3. The van der Waals surface area contributed by atoms with Crippen LogP contribution in [0.4, 0.5) is 0 Å². The first kappa shape index (κ1) is 10.5. The van der Waals surface area contributed by atoms with Crippen LogP contribution < -0.4 is 11.1 Å². The van der Waals surface area contributed by atoms with Crippen molar-refractivity contribution < 1.29 is 4.79 Å². The van der Waals surface area contributed by atoms with Crippen LogP contribution in [0.5, 0.6) is 0 Å². The third-order valence-electron chi connectivity index (χ3n) is 2.55. The lowest BCUT2D eigenvalue weighted by Crippen LogP contribution is -2.50. The molecule has 0 radical (unpaired) electrons. The van der Waals surface area contributed by atoms with E-state index in [9.17, 15) is 4.79 Å². The Bertz CT molecular complexity index is 164. The van der Waals surface area contributed by atoms with Crippen molar-refractivity contribution in [2.45, 2.75) is 57.5 Å². The van der Waals surface area contributed by atoms with Crippen LogP contribution in [0.1, 0.15) is 45.4 Å². The Labute approximate surface area is 80.1 Å². The van der Waals surface area contributed by atoms with Gasteiger partial charge in [-0.2, -0.15) is 0 Å². The summed E-state index contributed by atoms with van der Waals surface area (Å²) in [5.41, 5.74) is 5.61. The quantitative estimate of drug-likeness (QED) is 0.630. The van der Waals surface area contributed by atoms with Crippen molar-refractivity contribution in [1.82, 2.24) is 5.32 Å². The van der Waals surface area contributed by atoms with Crippen molar-refractivity contribution in [3.05, 3.63) is 0 Å². The predicted octanol–water partition coefficient (Wildman–Crippen LogP) is 1.17. The fourth-order valence-electron chi connectivity index (χ4n) is 1.62. The van der Waals surface area contributed by atoms with Crippen LogP contribution in [0.3, 0.4) is 0 Å². The predicted molar refractivity (Wildman–Crippen MR) is 53.3 cm³/mol. The summed E-state index contributed by atoms with van der Waals surface area (Å²) in [5, 5.41) is 2.99. The minimum absolute atomic E-state index is 0.199. The molecule has 1 amide bonds. The lowest BCUT2D eigenvalue weighted by Gasteiger charge is -2.32. The van der Waals surface area contributed by atoms with Crippen LogP contribution in [0.15, 0.2) is 0 Å². The van der Waals surface area contributed by atoms with Crippen molar-refractivity contribution in [2.75, 3.05) is 0 Å². The number of hydrogen-bond donors (Lipinski definition) is 2. The lowest BCUT2D eigenvalue weighted by molar-refractivity contribution is -0.122. The molecular formula is C10H20N2O. The molecule has 0 saturated heterocycles. The van der Waals surface area contributed by atoms with Gasteiger partial charge in [-0.25, -0.2) is 0 Å². The number of nitrogens with two attached hydrogens (primary N) is 1. The monoisotopic (exact) mass is 184 g/mol. The van der Waals surface area contributed by atoms with Gasteiger partial charge in [0.25, 0.3) is 0 Å². The highest BCUT2D eigenvalue weighted by atomic mass is 16.1. The minimum Gasteiger partial charge on any atom is -0.353 e. The third-order valence-corrected chi connectivity index (χ3v) is 2.55. The van der Waals surface area contributed by atoms with Gasteiger partial charge in [0, 0.05) is 18.5 Å². The van der Waals surface area contributed by atoms with E-state index < -0.39 is 0 Å². The van der Waals surface area contributed by atoms with Crippen molar-refractivity contribution in [1.29, 1.82) is 0 Å². The minimum atomic E-state index is 0.199. The average molecular weight is 184 g/mol. The molecule has 1 aliphatic rings. The summed E-state index contributed by atoms with van der Waals surface area (Å²) in [5.74, 6) is 0.199. The molecule has 1 saturated carbocycles. The molecule has 3 heteroatoms. The maximum absolute atomic E-state index is 11.3. The van der Waals surface area contributed by atoms with E-state index in [0.29, 0.717) is 18.5 Å². The van der Waals surface area contributed by atoms with E-state index >= 15 is 0 Å².